The summed E-state index contributed by atoms with van der Waals surface area (Å²) in [5.41, 5.74) is 1.89. The number of hydrogen-bond donors (Lipinski definition) is 1. The Bertz CT molecular complexity index is 967. The summed E-state index contributed by atoms with van der Waals surface area (Å²) in [6.45, 7) is 3.56. The Morgan fingerprint density at radius 1 is 1.26 bits per heavy atom. The molecule has 27 heavy (non-hydrogen) atoms. The minimum absolute atomic E-state index is 0.244. The number of rotatable bonds is 5. The van der Waals surface area contributed by atoms with Crippen molar-refractivity contribution in [1.29, 1.82) is 0 Å². The molecule has 1 aliphatic heterocycles. The van der Waals surface area contributed by atoms with E-state index in [4.69, 9.17) is 4.42 Å². The van der Waals surface area contributed by atoms with Crippen molar-refractivity contribution in [3.63, 3.8) is 0 Å². The Hall–Kier alpha value is -2.99. The smallest absolute Gasteiger partial charge is 0.336 e. The number of benzene rings is 1. The number of aromatic nitrogens is 2. The normalized spacial score (nSPS) is 17.3. The highest BCUT2D eigenvalue weighted by molar-refractivity contribution is 5.95. The molecule has 1 aliphatic rings. The molecule has 138 valence electrons. The van der Waals surface area contributed by atoms with E-state index in [1.807, 2.05) is 37.4 Å². The first-order valence-electron chi connectivity index (χ1n) is 9.07. The Labute approximate surface area is 157 Å². The zero-order valence-corrected chi connectivity index (χ0v) is 15.1. The molecule has 0 bridgehead atoms. The minimum atomic E-state index is -0.956. The van der Waals surface area contributed by atoms with Crippen LogP contribution in [-0.4, -0.2) is 32.5 Å². The first-order chi connectivity index (χ1) is 13.1. The molecule has 0 aliphatic carbocycles. The van der Waals surface area contributed by atoms with Gasteiger partial charge in [0.15, 0.2) is 0 Å². The van der Waals surface area contributed by atoms with E-state index in [0.29, 0.717) is 17.9 Å². The third-order valence-electron chi connectivity index (χ3n) is 4.95. The predicted octanol–water partition coefficient (Wildman–Crippen LogP) is 4.08. The van der Waals surface area contributed by atoms with Gasteiger partial charge in [0.05, 0.1) is 23.8 Å². The van der Waals surface area contributed by atoms with E-state index < -0.39 is 5.97 Å². The molecule has 0 spiro atoms. The molecule has 3 heterocycles. The van der Waals surface area contributed by atoms with Gasteiger partial charge in [-0.2, -0.15) is 0 Å². The van der Waals surface area contributed by atoms with Crippen LogP contribution in [0, 0.1) is 6.92 Å². The Balaban J connectivity index is 1.55. The summed E-state index contributed by atoms with van der Waals surface area (Å²) in [5, 5.41) is 9.38. The number of nitrogens with zero attached hydrogens (tertiary/aromatic N) is 3. The van der Waals surface area contributed by atoms with E-state index in [0.717, 1.165) is 36.7 Å². The Kier molecular flexibility index (Phi) is 4.73. The van der Waals surface area contributed by atoms with Crippen LogP contribution >= 0.6 is 0 Å². The van der Waals surface area contributed by atoms with Gasteiger partial charge in [0.2, 0.25) is 0 Å². The van der Waals surface area contributed by atoms with Gasteiger partial charge in [-0.3, -0.25) is 4.90 Å². The lowest BCUT2D eigenvalue weighted by molar-refractivity contribution is 0.0697. The molecule has 4 rings (SSSR count). The standard InChI is InChI=1S/C21H21N3O3/c1-14-22-11-10-18(23-14)19-7-4-12-24(19)13-15-8-9-20(27-15)16-5-2-3-6-17(16)21(25)26/h2-3,5-6,8-11,19H,4,7,12-13H2,1H3,(H,25,26)/t19-/m0/s1. The van der Waals surface area contributed by atoms with Gasteiger partial charge in [0.25, 0.3) is 0 Å². The molecule has 1 atom stereocenters. The lowest BCUT2D eigenvalue weighted by atomic mass is 10.1. The summed E-state index contributed by atoms with van der Waals surface area (Å²) >= 11 is 0. The molecule has 0 amide bonds. The van der Waals surface area contributed by atoms with Crippen LogP contribution in [0.5, 0.6) is 0 Å². The average molecular weight is 363 g/mol. The van der Waals surface area contributed by atoms with E-state index >= 15 is 0 Å². The first kappa shape index (κ1) is 17.4. The van der Waals surface area contributed by atoms with E-state index in [9.17, 15) is 9.90 Å². The van der Waals surface area contributed by atoms with Crippen LogP contribution in [0.3, 0.4) is 0 Å². The zero-order valence-electron chi connectivity index (χ0n) is 15.1. The Morgan fingerprint density at radius 2 is 2.11 bits per heavy atom. The van der Waals surface area contributed by atoms with Gasteiger partial charge in [0.1, 0.15) is 17.3 Å². The summed E-state index contributed by atoms with van der Waals surface area (Å²) in [6, 6.07) is 12.9. The summed E-state index contributed by atoms with van der Waals surface area (Å²) < 4.78 is 5.99. The lowest BCUT2D eigenvalue weighted by Gasteiger charge is -2.23. The fourth-order valence-electron chi connectivity index (χ4n) is 3.70. The van der Waals surface area contributed by atoms with Gasteiger partial charge in [0, 0.05) is 11.8 Å². The van der Waals surface area contributed by atoms with Crippen LogP contribution in [0.15, 0.2) is 53.1 Å². The number of likely N-dealkylation sites (tertiary alicyclic amines) is 1. The van der Waals surface area contributed by atoms with E-state index in [1.165, 1.54) is 0 Å². The second-order valence-corrected chi connectivity index (χ2v) is 6.77. The molecular formula is C21H21N3O3. The van der Waals surface area contributed by atoms with Crippen molar-refractivity contribution in [2.24, 2.45) is 0 Å². The van der Waals surface area contributed by atoms with Gasteiger partial charge in [-0.1, -0.05) is 18.2 Å². The van der Waals surface area contributed by atoms with Crippen LogP contribution in [-0.2, 0) is 6.54 Å². The largest absolute Gasteiger partial charge is 0.478 e. The second kappa shape index (κ2) is 7.32. The van der Waals surface area contributed by atoms with Crippen molar-refractivity contribution in [2.75, 3.05) is 6.54 Å². The molecule has 0 saturated carbocycles. The summed E-state index contributed by atoms with van der Waals surface area (Å²) in [6.07, 6.45) is 3.98. The fourth-order valence-corrected chi connectivity index (χ4v) is 3.70. The minimum Gasteiger partial charge on any atom is -0.478 e. The number of furan rings is 1. The maximum Gasteiger partial charge on any atom is 0.336 e. The van der Waals surface area contributed by atoms with Crippen molar-refractivity contribution < 1.29 is 14.3 Å². The number of hydrogen-bond acceptors (Lipinski definition) is 5. The van der Waals surface area contributed by atoms with Crippen molar-refractivity contribution in [2.45, 2.75) is 32.4 Å². The molecular weight excluding hydrogens is 342 g/mol. The van der Waals surface area contributed by atoms with Crippen molar-refractivity contribution in [3.05, 3.63) is 71.5 Å². The number of aromatic carboxylic acids is 1. The summed E-state index contributed by atoms with van der Waals surface area (Å²) in [4.78, 5) is 22.6. The Morgan fingerprint density at radius 3 is 2.93 bits per heavy atom. The topological polar surface area (TPSA) is 79.5 Å². The van der Waals surface area contributed by atoms with Gasteiger partial charge in [-0.15, -0.1) is 0 Å². The van der Waals surface area contributed by atoms with E-state index in [-0.39, 0.29) is 11.6 Å². The zero-order chi connectivity index (χ0) is 18.8. The van der Waals surface area contributed by atoms with E-state index in [2.05, 4.69) is 14.9 Å². The molecule has 6 nitrogen and oxygen atoms in total. The first-order valence-corrected chi connectivity index (χ1v) is 9.07. The van der Waals surface area contributed by atoms with Crippen LogP contribution in [0.2, 0.25) is 0 Å². The van der Waals surface area contributed by atoms with Gasteiger partial charge < -0.3 is 9.52 Å². The molecule has 1 N–H and O–H groups in total. The third-order valence-corrected chi connectivity index (χ3v) is 4.95. The number of aryl methyl sites for hydroxylation is 1. The lowest BCUT2D eigenvalue weighted by Crippen LogP contribution is -2.23. The van der Waals surface area contributed by atoms with Crippen molar-refractivity contribution >= 4 is 5.97 Å². The molecule has 3 aromatic rings. The molecule has 6 heteroatoms. The fraction of sp³-hybridized carbons (Fsp3) is 0.286. The molecule has 0 radical (unpaired) electrons. The highest BCUT2D eigenvalue weighted by Crippen LogP contribution is 2.33. The van der Waals surface area contributed by atoms with Crippen LogP contribution in [0.25, 0.3) is 11.3 Å². The molecule has 1 fully saturated rings. The molecule has 1 saturated heterocycles. The highest BCUT2D eigenvalue weighted by atomic mass is 16.4. The number of carboxylic acids is 1. The van der Waals surface area contributed by atoms with Crippen molar-refractivity contribution in [3.8, 4) is 11.3 Å². The average Bonchev–Trinajstić information content (AvgIpc) is 3.32. The van der Waals surface area contributed by atoms with Gasteiger partial charge in [-0.25, -0.2) is 14.8 Å². The van der Waals surface area contributed by atoms with Crippen molar-refractivity contribution in [1.82, 2.24) is 14.9 Å². The van der Waals surface area contributed by atoms with Crippen LogP contribution in [0.1, 0.15) is 46.5 Å². The van der Waals surface area contributed by atoms with Crippen LogP contribution in [0.4, 0.5) is 0 Å². The van der Waals surface area contributed by atoms with Gasteiger partial charge in [-0.05, 0) is 50.6 Å². The van der Waals surface area contributed by atoms with E-state index in [1.54, 1.807) is 18.2 Å². The maximum atomic E-state index is 11.4. The second-order valence-electron chi connectivity index (χ2n) is 6.77. The molecule has 2 aromatic heterocycles. The van der Waals surface area contributed by atoms with Crippen LogP contribution < -0.4 is 0 Å². The number of carboxylic acid groups (broad SMARTS) is 1. The molecule has 0 unspecified atom stereocenters. The summed E-state index contributed by atoms with van der Waals surface area (Å²) in [5.74, 6) is 1.23. The number of carbonyl (C=O) groups is 1. The predicted molar refractivity (Wildman–Crippen MR) is 100 cm³/mol. The summed E-state index contributed by atoms with van der Waals surface area (Å²) in [7, 11) is 0. The maximum absolute atomic E-state index is 11.4. The molecule has 1 aromatic carbocycles. The highest BCUT2D eigenvalue weighted by Gasteiger charge is 2.28. The monoisotopic (exact) mass is 363 g/mol. The van der Waals surface area contributed by atoms with Gasteiger partial charge >= 0.3 is 5.97 Å². The SMILES string of the molecule is Cc1nccc([C@@H]2CCCN2Cc2ccc(-c3ccccc3C(=O)O)o2)n1. The quantitative estimate of drug-likeness (QED) is 0.736. The third kappa shape index (κ3) is 3.61.